The van der Waals surface area contributed by atoms with E-state index >= 15 is 0 Å². The second kappa shape index (κ2) is 11.0. The van der Waals surface area contributed by atoms with E-state index in [9.17, 15) is 4.79 Å². The van der Waals surface area contributed by atoms with Gasteiger partial charge in [-0.1, -0.05) is 44.2 Å². The van der Waals surface area contributed by atoms with Gasteiger partial charge in [0.1, 0.15) is 6.61 Å². The van der Waals surface area contributed by atoms with Crippen molar-refractivity contribution < 1.29 is 9.53 Å². The molecule has 1 aliphatic heterocycles. The molecule has 146 valence electrons. The fourth-order valence-corrected chi connectivity index (χ4v) is 3.60. The van der Waals surface area contributed by atoms with E-state index in [1.165, 1.54) is 12.8 Å². The van der Waals surface area contributed by atoms with Crippen LogP contribution in [0.4, 0.5) is 0 Å². The Hall–Kier alpha value is -1.04. The van der Waals surface area contributed by atoms with Gasteiger partial charge >= 0.3 is 5.97 Å². The molecular formula is C21H34N2O2S. The highest BCUT2D eigenvalue weighted by Crippen LogP contribution is 2.18. The highest BCUT2D eigenvalue weighted by molar-refractivity contribution is 7.80. The molecule has 2 atom stereocenters. The van der Waals surface area contributed by atoms with Crippen LogP contribution in [0.25, 0.3) is 0 Å². The quantitative estimate of drug-likeness (QED) is 0.527. The molecule has 0 saturated carbocycles. The van der Waals surface area contributed by atoms with Crippen molar-refractivity contribution in [1.29, 1.82) is 0 Å². The van der Waals surface area contributed by atoms with E-state index in [1.54, 1.807) is 0 Å². The van der Waals surface area contributed by atoms with Gasteiger partial charge in [-0.25, -0.2) is 0 Å². The van der Waals surface area contributed by atoms with Gasteiger partial charge in [-0.15, -0.1) is 0 Å². The molecule has 1 aromatic rings. The van der Waals surface area contributed by atoms with E-state index in [0.29, 0.717) is 17.9 Å². The van der Waals surface area contributed by atoms with Crippen LogP contribution in [-0.2, 0) is 16.1 Å². The van der Waals surface area contributed by atoms with Gasteiger partial charge in [-0.3, -0.25) is 4.79 Å². The predicted octanol–water partition coefficient (Wildman–Crippen LogP) is 3.47. The number of piperidine rings is 1. The Labute approximate surface area is 164 Å². The molecule has 1 heterocycles. The number of hydrogen-bond acceptors (Lipinski definition) is 5. The molecule has 0 aromatic heterocycles. The summed E-state index contributed by atoms with van der Waals surface area (Å²) in [6, 6.07) is 10.4. The summed E-state index contributed by atoms with van der Waals surface area (Å²) in [7, 11) is 2.14. The molecule has 2 unspecified atom stereocenters. The van der Waals surface area contributed by atoms with Crippen LogP contribution in [0.1, 0.15) is 38.7 Å². The number of rotatable bonds is 9. The van der Waals surface area contributed by atoms with Crippen molar-refractivity contribution in [3.63, 3.8) is 0 Å². The summed E-state index contributed by atoms with van der Waals surface area (Å²) >= 11 is 4.47. The highest BCUT2D eigenvalue weighted by atomic mass is 32.1. The molecule has 4 nitrogen and oxygen atoms in total. The number of hydrogen-bond donors (Lipinski definition) is 1. The predicted molar refractivity (Wildman–Crippen MR) is 111 cm³/mol. The largest absolute Gasteiger partial charge is 0.461 e. The number of likely N-dealkylation sites (tertiary alicyclic amines) is 1. The molecular weight excluding hydrogens is 344 g/mol. The summed E-state index contributed by atoms with van der Waals surface area (Å²) in [6.45, 7) is 8.66. The summed E-state index contributed by atoms with van der Waals surface area (Å²) in [5, 5.41) is 0.471. The minimum absolute atomic E-state index is 0.105. The first kappa shape index (κ1) is 21.3. The Morgan fingerprint density at radius 1 is 1.27 bits per heavy atom. The van der Waals surface area contributed by atoms with E-state index in [4.69, 9.17) is 4.74 Å². The van der Waals surface area contributed by atoms with E-state index in [-0.39, 0.29) is 11.9 Å². The van der Waals surface area contributed by atoms with Crippen molar-refractivity contribution in [3.8, 4) is 0 Å². The Morgan fingerprint density at radius 2 is 1.92 bits per heavy atom. The van der Waals surface area contributed by atoms with Crippen LogP contribution < -0.4 is 0 Å². The fraction of sp³-hybridized carbons (Fsp3) is 0.667. The number of thiol groups is 1. The van der Waals surface area contributed by atoms with Gasteiger partial charge in [-0.05, 0) is 51.5 Å². The zero-order valence-electron chi connectivity index (χ0n) is 16.4. The minimum atomic E-state index is -0.110. The number of carbonyl (C=O) groups is 1. The van der Waals surface area contributed by atoms with Crippen molar-refractivity contribution in [3.05, 3.63) is 35.9 Å². The van der Waals surface area contributed by atoms with Crippen molar-refractivity contribution in [2.24, 2.45) is 5.92 Å². The first-order valence-corrected chi connectivity index (χ1v) is 10.3. The van der Waals surface area contributed by atoms with Gasteiger partial charge in [-0.2, -0.15) is 12.6 Å². The molecule has 1 aliphatic rings. The smallest absolute Gasteiger partial charge is 0.310 e. The van der Waals surface area contributed by atoms with Gasteiger partial charge in [0.05, 0.1) is 5.92 Å². The lowest BCUT2D eigenvalue weighted by atomic mass is 10.0. The van der Waals surface area contributed by atoms with Crippen molar-refractivity contribution in [2.45, 2.75) is 51.0 Å². The number of benzene rings is 1. The first-order chi connectivity index (χ1) is 12.5. The Kier molecular flexibility index (Phi) is 8.96. The van der Waals surface area contributed by atoms with Crippen LogP contribution in [0, 0.1) is 5.92 Å². The van der Waals surface area contributed by atoms with Gasteiger partial charge < -0.3 is 14.5 Å². The molecule has 26 heavy (non-hydrogen) atoms. The van der Waals surface area contributed by atoms with Gasteiger partial charge in [0, 0.05) is 17.8 Å². The van der Waals surface area contributed by atoms with Crippen LogP contribution >= 0.6 is 12.6 Å². The van der Waals surface area contributed by atoms with Crippen LogP contribution in [-0.4, -0.2) is 60.3 Å². The Balaban J connectivity index is 1.68. The monoisotopic (exact) mass is 378 g/mol. The van der Waals surface area contributed by atoms with Crippen LogP contribution in [0.5, 0.6) is 0 Å². The minimum Gasteiger partial charge on any atom is -0.461 e. The zero-order chi connectivity index (χ0) is 18.9. The second-order valence-corrected chi connectivity index (χ2v) is 8.53. The summed E-state index contributed by atoms with van der Waals surface area (Å²) in [4.78, 5) is 17.1. The maximum Gasteiger partial charge on any atom is 0.310 e. The van der Waals surface area contributed by atoms with E-state index in [1.807, 2.05) is 37.3 Å². The SMILES string of the molecule is CC(S)CCN1CCC(N(C)CC(C)C(=O)OCc2ccccc2)CC1. The second-order valence-electron chi connectivity index (χ2n) is 7.64. The lowest BCUT2D eigenvalue weighted by Crippen LogP contribution is -2.45. The average Bonchev–Trinajstić information content (AvgIpc) is 2.65. The maximum atomic E-state index is 12.3. The average molecular weight is 379 g/mol. The molecule has 0 bridgehead atoms. The lowest BCUT2D eigenvalue weighted by Gasteiger charge is -2.37. The molecule has 0 N–H and O–H groups in total. The summed E-state index contributed by atoms with van der Waals surface area (Å²) in [5.41, 5.74) is 1.03. The van der Waals surface area contributed by atoms with Crippen molar-refractivity contribution >= 4 is 18.6 Å². The molecule has 0 radical (unpaired) electrons. The third-order valence-corrected chi connectivity index (χ3v) is 5.49. The molecule has 1 fully saturated rings. The lowest BCUT2D eigenvalue weighted by molar-refractivity contribution is -0.150. The molecule has 0 spiro atoms. The molecule has 0 amide bonds. The van der Waals surface area contributed by atoms with Crippen molar-refractivity contribution in [2.75, 3.05) is 33.2 Å². The number of esters is 1. The molecule has 2 rings (SSSR count). The van der Waals surface area contributed by atoms with Crippen LogP contribution in [0.2, 0.25) is 0 Å². The first-order valence-electron chi connectivity index (χ1n) is 9.77. The standard InChI is InChI=1S/C21H34N2O2S/c1-17(21(24)25-16-19-7-5-4-6-8-19)15-22(3)20-10-13-23(14-11-20)12-9-18(2)26/h4-8,17-18,20,26H,9-16H2,1-3H3. The van der Waals surface area contributed by atoms with Crippen molar-refractivity contribution in [1.82, 2.24) is 9.80 Å². The molecule has 1 aromatic carbocycles. The summed E-state index contributed by atoms with van der Waals surface area (Å²) in [6.07, 6.45) is 3.49. The van der Waals surface area contributed by atoms with Crippen LogP contribution in [0.3, 0.4) is 0 Å². The number of ether oxygens (including phenoxy) is 1. The van der Waals surface area contributed by atoms with E-state index < -0.39 is 0 Å². The summed E-state index contributed by atoms with van der Waals surface area (Å²) in [5.74, 6) is -0.215. The van der Waals surface area contributed by atoms with E-state index in [0.717, 1.165) is 38.2 Å². The third kappa shape index (κ3) is 7.29. The maximum absolute atomic E-state index is 12.3. The highest BCUT2D eigenvalue weighted by Gasteiger charge is 2.25. The topological polar surface area (TPSA) is 32.8 Å². The number of carbonyl (C=O) groups excluding carboxylic acids is 1. The normalized spacial score (nSPS) is 18.7. The molecule has 1 saturated heterocycles. The Bertz CT molecular complexity index is 530. The Morgan fingerprint density at radius 3 is 2.54 bits per heavy atom. The van der Waals surface area contributed by atoms with Crippen LogP contribution in [0.15, 0.2) is 30.3 Å². The van der Waals surface area contributed by atoms with E-state index in [2.05, 4.69) is 36.4 Å². The van der Waals surface area contributed by atoms with Gasteiger partial charge in [0.15, 0.2) is 0 Å². The fourth-order valence-electron chi connectivity index (χ4n) is 3.48. The molecule has 5 heteroatoms. The van der Waals surface area contributed by atoms with Gasteiger partial charge in [0.25, 0.3) is 0 Å². The zero-order valence-corrected chi connectivity index (χ0v) is 17.3. The third-order valence-electron chi connectivity index (χ3n) is 5.23. The summed E-state index contributed by atoms with van der Waals surface area (Å²) < 4.78 is 5.47. The number of nitrogens with zero attached hydrogens (tertiary/aromatic N) is 2. The molecule has 0 aliphatic carbocycles. The van der Waals surface area contributed by atoms with Gasteiger partial charge in [0.2, 0.25) is 0 Å².